The smallest absolute Gasteiger partial charge is 0.254 e. The zero-order chi connectivity index (χ0) is 18.2. The van der Waals surface area contributed by atoms with Crippen molar-refractivity contribution in [2.24, 2.45) is 0 Å². The minimum atomic E-state index is -0.278. The number of carbonyl (C=O) groups excluding carboxylic acids is 1. The second-order valence-corrected chi connectivity index (χ2v) is 5.51. The van der Waals surface area contributed by atoms with Crippen LogP contribution in [0.5, 0.6) is 5.88 Å². The van der Waals surface area contributed by atoms with E-state index in [1.807, 2.05) is 6.07 Å². The van der Waals surface area contributed by atoms with Gasteiger partial charge in [-0.25, -0.2) is 9.97 Å². The van der Waals surface area contributed by atoms with Gasteiger partial charge in [0.2, 0.25) is 11.8 Å². The third-order valence-corrected chi connectivity index (χ3v) is 3.50. The number of aromatic amines is 1. The molecule has 0 radical (unpaired) electrons. The third kappa shape index (κ3) is 5.68. The molecule has 0 aromatic carbocycles. The van der Waals surface area contributed by atoms with Gasteiger partial charge in [0.1, 0.15) is 12.4 Å². The number of nitrogens with one attached hydrogen (secondary N) is 2. The molecule has 0 aliphatic heterocycles. The number of hydrogen-bond acceptors (Lipinski definition) is 6. The molecule has 2 heterocycles. The van der Waals surface area contributed by atoms with E-state index in [4.69, 9.17) is 9.47 Å². The standard InChI is InChI=1S/C17H22N4O4/c1-11-14(17(23)21-12(2)20-11)8-15(22)18-9-13-4-5-16(19-10-13)25-7-6-24-3/h4-5,10H,6-9H2,1-3H3,(H,18,22)(H,20,21,23). The van der Waals surface area contributed by atoms with Crippen LogP contribution >= 0.6 is 0 Å². The molecule has 25 heavy (non-hydrogen) atoms. The maximum Gasteiger partial charge on any atom is 0.254 e. The molecule has 0 aliphatic rings. The average molecular weight is 346 g/mol. The summed E-state index contributed by atoms with van der Waals surface area (Å²) < 4.78 is 10.3. The Balaban J connectivity index is 1.87. The van der Waals surface area contributed by atoms with Crippen molar-refractivity contribution in [3.63, 3.8) is 0 Å². The highest BCUT2D eigenvalue weighted by Gasteiger charge is 2.11. The Kier molecular flexibility index (Phi) is 6.64. The molecule has 0 aliphatic carbocycles. The van der Waals surface area contributed by atoms with Gasteiger partial charge in [0.15, 0.2) is 0 Å². The Labute approximate surface area is 145 Å². The van der Waals surface area contributed by atoms with Crippen LogP contribution in [0.25, 0.3) is 0 Å². The van der Waals surface area contributed by atoms with E-state index in [9.17, 15) is 9.59 Å². The lowest BCUT2D eigenvalue weighted by Crippen LogP contribution is -2.29. The lowest BCUT2D eigenvalue weighted by Gasteiger charge is -2.08. The van der Waals surface area contributed by atoms with E-state index in [1.54, 1.807) is 33.2 Å². The van der Waals surface area contributed by atoms with Gasteiger partial charge in [0.25, 0.3) is 5.56 Å². The van der Waals surface area contributed by atoms with E-state index in [-0.39, 0.29) is 17.9 Å². The van der Waals surface area contributed by atoms with Crippen molar-refractivity contribution >= 4 is 5.91 Å². The van der Waals surface area contributed by atoms with Crippen LogP contribution in [0.3, 0.4) is 0 Å². The Hall–Kier alpha value is -2.74. The predicted octanol–water partition coefficient (Wildman–Crippen LogP) is 0.666. The van der Waals surface area contributed by atoms with E-state index < -0.39 is 0 Å². The highest BCUT2D eigenvalue weighted by Crippen LogP contribution is 2.07. The Morgan fingerprint density at radius 2 is 2.08 bits per heavy atom. The van der Waals surface area contributed by atoms with Crippen molar-refractivity contribution in [1.29, 1.82) is 0 Å². The van der Waals surface area contributed by atoms with Gasteiger partial charge in [-0.05, 0) is 19.4 Å². The largest absolute Gasteiger partial charge is 0.475 e. The number of methoxy groups -OCH3 is 1. The summed E-state index contributed by atoms with van der Waals surface area (Å²) in [6.45, 7) is 4.66. The summed E-state index contributed by atoms with van der Waals surface area (Å²) in [4.78, 5) is 34.9. The molecule has 0 saturated carbocycles. The van der Waals surface area contributed by atoms with Crippen molar-refractivity contribution in [2.75, 3.05) is 20.3 Å². The normalized spacial score (nSPS) is 10.5. The summed E-state index contributed by atoms with van der Waals surface area (Å²) in [5.74, 6) is 0.783. The zero-order valence-electron chi connectivity index (χ0n) is 14.6. The molecule has 0 saturated heterocycles. The molecule has 0 spiro atoms. The first-order valence-corrected chi connectivity index (χ1v) is 7.89. The summed E-state index contributed by atoms with van der Waals surface area (Å²) in [5.41, 5.74) is 1.50. The summed E-state index contributed by atoms with van der Waals surface area (Å²) >= 11 is 0. The highest BCUT2D eigenvalue weighted by molar-refractivity contribution is 5.78. The number of aryl methyl sites for hydroxylation is 2. The first-order valence-electron chi connectivity index (χ1n) is 7.89. The molecular formula is C17H22N4O4. The van der Waals surface area contributed by atoms with Crippen molar-refractivity contribution < 1.29 is 14.3 Å². The monoisotopic (exact) mass is 346 g/mol. The number of ether oxygens (including phenoxy) is 2. The second-order valence-electron chi connectivity index (χ2n) is 5.51. The van der Waals surface area contributed by atoms with Gasteiger partial charge in [0, 0.05) is 37.2 Å². The van der Waals surface area contributed by atoms with Crippen molar-refractivity contribution in [3.05, 3.63) is 51.3 Å². The summed E-state index contributed by atoms with van der Waals surface area (Å²) in [6.07, 6.45) is 1.62. The highest BCUT2D eigenvalue weighted by atomic mass is 16.5. The number of pyridine rings is 1. The number of amides is 1. The fourth-order valence-electron chi connectivity index (χ4n) is 2.21. The molecule has 2 aromatic heterocycles. The second kappa shape index (κ2) is 8.93. The number of hydrogen-bond donors (Lipinski definition) is 2. The van der Waals surface area contributed by atoms with Crippen LogP contribution in [-0.4, -0.2) is 41.2 Å². The number of aromatic nitrogens is 3. The summed E-state index contributed by atoms with van der Waals surface area (Å²) in [7, 11) is 1.60. The number of carbonyl (C=O) groups is 1. The summed E-state index contributed by atoms with van der Waals surface area (Å²) in [5, 5.41) is 2.77. The van der Waals surface area contributed by atoms with E-state index >= 15 is 0 Å². The molecule has 0 unspecified atom stereocenters. The van der Waals surface area contributed by atoms with Crippen LogP contribution in [-0.2, 0) is 22.5 Å². The zero-order valence-corrected chi connectivity index (χ0v) is 14.6. The van der Waals surface area contributed by atoms with Gasteiger partial charge < -0.3 is 19.8 Å². The van der Waals surface area contributed by atoms with E-state index in [1.165, 1.54) is 0 Å². The van der Waals surface area contributed by atoms with E-state index in [0.717, 1.165) is 5.56 Å². The van der Waals surface area contributed by atoms with Crippen LogP contribution in [0.4, 0.5) is 0 Å². The molecule has 1 amide bonds. The molecular weight excluding hydrogens is 324 g/mol. The maximum atomic E-state index is 12.1. The first kappa shape index (κ1) is 18.6. The molecule has 2 N–H and O–H groups in total. The van der Waals surface area contributed by atoms with Crippen molar-refractivity contribution in [1.82, 2.24) is 20.3 Å². The van der Waals surface area contributed by atoms with Crippen LogP contribution < -0.4 is 15.6 Å². The maximum absolute atomic E-state index is 12.1. The van der Waals surface area contributed by atoms with Gasteiger partial charge in [0.05, 0.1) is 13.0 Å². The molecule has 0 atom stereocenters. The fraction of sp³-hybridized carbons (Fsp3) is 0.412. The van der Waals surface area contributed by atoms with Crippen molar-refractivity contribution in [3.8, 4) is 5.88 Å². The Morgan fingerprint density at radius 1 is 1.28 bits per heavy atom. The lowest BCUT2D eigenvalue weighted by molar-refractivity contribution is -0.120. The quantitative estimate of drug-likeness (QED) is 0.680. The van der Waals surface area contributed by atoms with E-state index in [0.29, 0.717) is 42.7 Å². The molecule has 134 valence electrons. The molecule has 2 rings (SSSR count). The number of rotatable bonds is 8. The Morgan fingerprint density at radius 3 is 2.72 bits per heavy atom. The molecule has 8 heteroatoms. The number of H-pyrrole nitrogens is 1. The molecule has 8 nitrogen and oxygen atoms in total. The Bertz CT molecular complexity index is 771. The third-order valence-electron chi connectivity index (χ3n) is 3.50. The van der Waals surface area contributed by atoms with Crippen LogP contribution in [0, 0.1) is 13.8 Å². The lowest BCUT2D eigenvalue weighted by atomic mass is 10.1. The van der Waals surface area contributed by atoms with Gasteiger partial charge in [-0.1, -0.05) is 6.07 Å². The van der Waals surface area contributed by atoms with Gasteiger partial charge in [-0.3, -0.25) is 9.59 Å². The first-order chi connectivity index (χ1) is 12.0. The molecule has 2 aromatic rings. The minimum absolute atomic E-state index is 0.0138. The summed E-state index contributed by atoms with van der Waals surface area (Å²) in [6, 6.07) is 3.55. The minimum Gasteiger partial charge on any atom is -0.475 e. The van der Waals surface area contributed by atoms with Gasteiger partial charge in [-0.15, -0.1) is 0 Å². The SMILES string of the molecule is COCCOc1ccc(CNC(=O)Cc2c(C)nc(C)[nH]c2=O)cn1. The number of nitrogens with zero attached hydrogens (tertiary/aromatic N) is 2. The van der Waals surface area contributed by atoms with Crippen LogP contribution in [0.1, 0.15) is 22.6 Å². The van der Waals surface area contributed by atoms with E-state index in [2.05, 4.69) is 20.3 Å². The van der Waals surface area contributed by atoms with Gasteiger partial charge in [-0.2, -0.15) is 0 Å². The van der Waals surface area contributed by atoms with Crippen LogP contribution in [0.15, 0.2) is 23.1 Å². The van der Waals surface area contributed by atoms with Gasteiger partial charge >= 0.3 is 0 Å². The molecule has 0 bridgehead atoms. The van der Waals surface area contributed by atoms with Crippen molar-refractivity contribution in [2.45, 2.75) is 26.8 Å². The molecule has 0 fully saturated rings. The topological polar surface area (TPSA) is 106 Å². The predicted molar refractivity (Wildman–Crippen MR) is 91.5 cm³/mol. The average Bonchev–Trinajstić information content (AvgIpc) is 2.57. The van der Waals surface area contributed by atoms with Crippen LogP contribution in [0.2, 0.25) is 0 Å². The fourth-order valence-corrected chi connectivity index (χ4v) is 2.21.